The van der Waals surface area contributed by atoms with Crippen molar-refractivity contribution in [2.24, 2.45) is 23.0 Å². The SMILES string of the molecule is C/C=C\C1=C(Cc2ccc(C)cc2)C=C2CCC(CCc3ccccc3CC(C)C)C2(C)C1.C=CN. The summed E-state index contributed by atoms with van der Waals surface area (Å²) in [6, 6.07) is 18.2. The summed E-state index contributed by atoms with van der Waals surface area (Å²) < 4.78 is 0. The van der Waals surface area contributed by atoms with E-state index in [0.29, 0.717) is 11.3 Å². The van der Waals surface area contributed by atoms with Gasteiger partial charge in [-0.05, 0) is 110 Å². The molecule has 0 aliphatic heterocycles. The third kappa shape index (κ3) is 6.90. The Balaban J connectivity index is 0.00000115. The maximum absolute atomic E-state index is 4.61. The molecule has 1 nitrogen and oxygen atoms in total. The van der Waals surface area contributed by atoms with Crippen molar-refractivity contribution in [1.29, 1.82) is 0 Å². The van der Waals surface area contributed by atoms with Crippen molar-refractivity contribution >= 4 is 0 Å². The molecule has 0 heterocycles. The highest BCUT2D eigenvalue weighted by Crippen LogP contribution is 2.56. The van der Waals surface area contributed by atoms with Crippen LogP contribution in [0.25, 0.3) is 0 Å². The topological polar surface area (TPSA) is 26.0 Å². The van der Waals surface area contributed by atoms with Crippen molar-refractivity contribution in [1.82, 2.24) is 0 Å². The number of hydrogen-bond acceptors (Lipinski definition) is 1. The third-order valence-electron chi connectivity index (χ3n) is 8.11. The number of rotatable bonds is 8. The van der Waals surface area contributed by atoms with Crippen molar-refractivity contribution in [3.63, 3.8) is 0 Å². The minimum atomic E-state index is 0.318. The van der Waals surface area contributed by atoms with E-state index in [9.17, 15) is 0 Å². The van der Waals surface area contributed by atoms with Gasteiger partial charge in [0.1, 0.15) is 0 Å². The molecule has 0 saturated heterocycles. The van der Waals surface area contributed by atoms with Crippen molar-refractivity contribution in [3.05, 3.63) is 119 Å². The predicted molar refractivity (Wildman–Crippen MR) is 158 cm³/mol. The van der Waals surface area contributed by atoms with Gasteiger partial charge in [0.15, 0.2) is 0 Å². The molecule has 0 bridgehead atoms. The molecule has 2 unspecified atom stereocenters. The monoisotopic (exact) mass is 481 g/mol. The summed E-state index contributed by atoms with van der Waals surface area (Å²) in [6.45, 7) is 14.7. The first kappa shape index (κ1) is 27.8. The lowest BCUT2D eigenvalue weighted by molar-refractivity contribution is 0.255. The summed E-state index contributed by atoms with van der Waals surface area (Å²) in [5.41, 5.74) is 15.6. The van der Waals surface area contributed by atoms with Crippen LogP contribution >= 0.6 is 0 Å². The summed E-state index contributed by atoms with van der Waals surface area (Å²) >= 11 is 0. The van der Waals surface area contributed by atoms with E-state index in [1.54, 1.807) is 22.3 Å². The lowest BCUT2D eigenvalue weighted by atomic mass is 9.67. The van der Waals surface area contributed by atoms with Gasteiger partial charge in [-0.2, -0.15) is 0 Å². The molecule has 2 aromatic carbocycles. The molecule has 0 spiro atoms. The second-order valence-corrected chi connectivity index (χ2v) is 11.4. The van der Waals surface area contributed by atoms with Gasteiger partial charge in [0.05, 0.1) is 0 Å². The second kappa shape index (κ2) is 12.9. The average molecular weight is 482 g/mol. The highest BCUT2D eigenvalue weighted by atomic mass is 14.5. The zero-order chi connectivity index (χ0) is 26.1. The number of aryl methyl sites for hydroxylation is 2. The molecule has 0 amide bonds. The van der Waals surface area contributed by atoms with Crippen LogP contribution in [0.2, 0.25) is 0 Å². The Kier molecular flexibility index (Phi) is 9.99. The van der Waals surface area contributed by atoms with Crippen LogP contribution in [0.15, 0.2) is 96.3 Å². The van der Waals surface area contributed by atoms with E-state index in [0.717, 1.165) is 12.3 Å². The van der Waals surface area contributed by atoms with Gasteiger partial charge in [0.2, 0.25) is 0 Å². The molecule has 192 valence electrons. The number of allylic oxidation sites excluding steroid dienone is 6. The molecule has 2 N–H and O–H groups in total. The summed E-state index contributed by atoms with van der Waals surface area (Å²) in [6.07, 6.45) is 17.0. The Hall–Kier alpha value is -2.80. The summed E-state index contributed by atoms with van der Waals surface area (Å²) in [7, 11) is 0. The number of fused-ring (bicyclic) bond motifs is 1. The summed E-state index contributed by atoms with van der Waals surface area (Å²) in [5.74, 6) is 1.49. The van der Waals surface area contributed by atoms with Gasteiger partial charge in [-0.25, -0.2) is 0 Å². The van der Waals surface area contributed by atoms with E-state index < -0.39 is 0 Å². The molecule has 1 heteroatoms. The van der Waals surface area contributed by atoms with Crippen LogP contribution in [-0.4, -0.2) is 0 Å². The van der Waals surface area contributed by atoms with Crippen LogP contribution < -0.4 is 5.73 Å². The molecule has 2 aliphatic carbocycles. The first-order chi connectivity index (χ1) is 17.3. The zero-order valence-electron chi connectivity index (χ0n) is 23.3. The number of hydrogen-bond donors (Lipinski definition) is 1. The van der Waals surface area contributed by atoms with Gasteiger partial charge in [0.25, 0.3) is 0 Å². The van der Waals surface area contributed by atoms with Crippen molar-refractivity contribution in [2.75, 3.05) is 0 Å². The normalized spacial score (nSPS) is 21.3. The second-order valence-electron chi connectivity index (χ2n) is 11.4. The fourth-order valence-corrected chi connectivity index (χ4v) is 6.19. The summed E-state index contributed by atoms with van der Waals surface area (Å²) in [5, 5.41) is 0. The number of benzene rings is 2. The molecule has 36 heavy (non-hydrogen) atoms. The van der Waals surface area contributed by atoms with Crippen LogP contribution in [0.3, 0.4) is 0 Å². The Labute approximate surface area is 220 Å². The maximum atomic E-state index is 4.61. The highest BCUT2D eigenvalue weighted by molar-refractivity contribution is 5.47. The molecule has 2 aliphatic rings. The molecule has 0 aromatic heterocycles. The van der Waals surface area contributed by atoms with Crippen LogP contribution in [0.5, 0.6) is 0 Å². The van der Waals surface area contributed by atoms with Crippen molar-refractivity contribution in [2.45, 2.75) is 79.6 Å². The largest absolute Gasteiger partial charge is 0.405 e. The lowest BCUT2D eigenvalue weighted by Crippen LogP contribution is -2.27. The van der Waals surface area contributed by atoms with E-state index >= 15 is 0 Å². The lowest BCUT2D eigenvalue weighted by Gasteiger charge is -2.38. The first-order valence-corrected chi connectivity index (χ1v) is 13.8. The quantitative estimate of drug-likeness (QED) is 0.400. The maximum Gasteiger partial charge on any atom is -0.00230 e. The number of nitrogens with two attached hydrogens (primary N) is 1. The smallest absolute Gasteiger partial charge is 0.00230 e. The predicted octanol–water partition coefficient (Wildman–Crippen LogP) is 9.08. The van der Waals surface area contributed by atoms with Crippen LogP contribution in [0, 0.1) is 24.2 Å². The van der Waals surface area contributed by atoms with Gasteiger partial charge in [-0.1, -0.05) is 105 Å². The van der Waals surface area contributed by atoms with E-state index in [1.165, 1.54) is 61.4 Å². The molecule has 1 saturated carbocycles. The van der Waals surface area contributed by atoms with E-state index in [4.69, 9.17) is 0 Å². The third-order valence-corrected chi connectivity index (χ3v) is 8.11. The fourth-order valence-electron chi connectivity index (χ4n) is 6.19. The van der Waals surface area contributed by atoms with Crippen molar-refractivity contribution in [3.8, 4) is 0 Å². The van der Waals surface area contributed by atoms with Crippen LogP contribution in [0.1, 0.15) is 75.6 Å². The Morgan fingerprint density at radius 1 is 1.08 bits per heavy atom. The molecule has 4 rings (SSSR count). The Bertz CT molecular complexity index is 1100. The molecule has 0 radical (unpaired) electrons. The van der Waals surface area contributed by atoms with Gasteiger partial charge >= 0.3 is 0 Å². The van der Waals surface area contributed by atoms with Gasteiger partial charge in [-0.3, -0.25) is 0 Å². The van der Waals surface area contributed by atoms with Gasteiger partial charge in [0, 0.05) is 0 Å². The Morgan fingerprint density at radius 2 is 1.75 bits per heavy atom. The zero-order valence-corrected chi connectivity index (χ0v) is 23.3. The molecule has 2 aromatic rings. The van der Waals surface area contributed by atoms with Gasteiger partial charge < -0.3 is 5.73 Å². The molecule has 2 atom stereocenters. The fraction of sp³-hybridized carbons (Fsp3) is 0.429. The van der Waals surface area contributed by atoms with Crippen molar-refractivity contribution < 1.29 is 0 Å². The minimum absolute atomic E-state index is 0.318. The standard InChI is InChI=1S/C33H42.C2H5N/c1-6-9-29-23-33(5)31(17-16-27-10-7-8-11-28(27)20-24(2)3)18-19-32(33)22-30(29)21-26-14-12-25(4)13-15-26;1-2-3/h6-15,22,24,31H,16-21,23H2,1-5H3;2H,1,3H2/b9-6-;. The minimum Gasteiger partial charge on any atom is -0.405 e. The van der Waals surface area contributed by atoms with E-state index in [2.05, 4.69) is 114 Å². The summed E-state index contributed by atoms with van der Waals surface area (Å²) in [4.78, 5) is 0. The molecular weight excluding hydrogens is 434 g/mol. The van der Waals surface area contributed by atoms with Crippen LogP contribution in [-0.2, 0) is 19.3 Å². The first-order valence-electron chi connectivity index (χ1n) is 13.8. The molecule has 1 fully saturated rings. The highest BCUT2D eigenvalue weighted by Gasteiger charge is 2.44. The average Bonchev–Trinajstić information content (AvgIpc) is 3.15. The van der Waals surface area contributed by atoms with Crippen LogP contribution in [0.4, 0.5) is 0 Å². The van der Waals surface area contributed by atoms with Gasteiger partial charge in [-0.15, -0.1) is 0 Å². The van der Waals surface area contributed by atoms with E-state index in [1.807, 2.05) is 0 Å². The molecular formula is C35H47N. The van der Waals surface area contributed by atoms with E-state index in [-0.39, 0.29) is 0 Å². The Morgan fingerprint density at radius 3 is 2.39 bits per heavy atom.